The molecule has 2 N–H and O–H groups in total. The number of nitrogens with zero attached hydrogens (tertiary/aromatic N) is 1. The van der Waals surface area contributed by atoms with E-state index in [0.29, 0.717) is 5.56 Å². The van der Waals surface area contributed by atoms with Gasteiger partial charge in [-0.1, -0.05) is 6.07 Å². The summed E-state index contributed by atoms with van der Waals surface area (Å²) in [5.74, 6) is -0.516. The highest BCUT2D eigenvalue weighted by atomic mass is 32.2. The van der Waals surface area contributed by atoms with Gasteiger partial charge in [-0.2, -0.15) is 0 Å². The number of hydrogen-bond donors (Lipinski definition) is 2. The average Bonchev–Trinajstić information content (AvgIpc) is 2.61. The highest BCUT2D eigenvalue weighted by Crippen LogP contribution is 2.26. The van der Waals surface area contributed by atoms with Crippen LogP contribution in [0.15, 0.2) is 41.3 Å². The fourth-order valence-electron chi connectivity index (χ4n) is 2.49. The van der Waals surface area contributed by atoms with Gasteiger partial charge in [0, 0.05) is 28.9 Å². The van der Waals surface area contributed by atoms with E-state index in [9.17, 15) is 23.3 Å². The van der Waals surface area contributed by atoms with Gasteiger partial charge in [0.1, 0.15) is 10.6 Å². The fourth-order valence-corrected chi connectivity index (χ4v) is 3.93. The van der Waals surface area contributed by atoms with Crippen LogP contribution < -0.4 is 14.8 Å². The number of carbonyl (C=O) groups excluding carboxylic acids is 1. The normalized spacial score (nSPS) is 11.3. The molecule has 2 aromatic carbocycles. The summed E-state index contributed by atoms with van der Waals surface area (Å²) in [4.78, 5) is 22.9. The quantitative estimate of drug-likeness (QED) is 0.537. The molecule has 0 bridgehead atoms. The van der Waals surface area contributed by atoms with Crippen LogP contribution in [0.4, 0.5) is 11.4 Å². The predicted octanol–water partition coefficient (Wildman–Crippen LogP) is 2.85. The first-order chi connectivity index (χ1) is 13.0. The molecule has 0 unspecified atom stereocenters. The fraction of sp³-hybridized carbons (Fsp3) is 0.278. The zero-order chi connectivity index (χ0) is 21.1. The van der Waals surface area contributed by atoms with Gasteiger partial charge in [-0.15, -0.1) is 0 Å². The number of nitro benzene ring substituents is 1. The zero-order valence-electron chi connectivity index (χ0n) is 15.8. The molecule has 2 rings (SSSR count). The number of amides is 1. The minimum atomic E-state index is -3.90. The van der Waals surface area contributed by atoms with Crippen molar-refractivity contribution in [1.82, 2.24) is 4.72 Å². The average molecular weight is 407 g/mol. The van der Waals surface area contributed by atoms with E-state index in [1.165, 1.54) is 43.5 Å². The Labute approximate surface area is 162 Å². The first kappa shape index (κ1) is 21.3. The first-order valence-corrected chi connectivity index (χ1v) is 9.80. The lowest BCUT2D eigenvalue weighted by Gasteiger charge is -2.14. The van der Waals surface area contributed by atoms with Gasteiger partial charge in [-0.3, -0.25) is 14.9 Å². The maximum Gasteiger partial charge on any atom is 0.274 e. The predicted molar refractivity (Wildman–Crippen MR) is 104 cm³/mol. The van der Waals surface area contributed by atoms with Crippen molar-refractivity contribution in [1.29, 1.82) is 0 Å². The zero-order valence-corrected chi connectivity index (χ0v) is 16.7. The third-order valence-corrected chi connectivity index (χ3v) is 5.45. The maximum atomic E-state index is 12.5. The van der Waals surface area contributed by atoms with Gasteiger partial charge in [0.2, 0.25) is 10.0 Å². The number of methoxy groups -OCH3 is 1. The van der Waals surface area contributed by atoms with E-state index < -0.39 is 20.9 Å². The summed E-state index contributed by atoms with van der Waals surface area (Å²) in [6.07, 6.45) is 0. The summed E-state index contributed by atoms with van der Waals surface area (Å²) < 4.78 is 32.6. The molecule has 0 saturated heterocycles. The minimum absolute atomic E-state index is 0.0631. The number of rotatable bonds is 7. The number of carbonyl (C=O) groups is 1. The van der Waals surface area contributed by atoms with E-state index in [1.807, 2.05) is 0 Å². The molecule has 9 nitrogen and oxygen atoms in total. The second kappa shape index (κ2) is 8.36. The Balaban J connectivity index is 2.38. The number of aryl methyl sites for hydroxylation is 1. The Morgan fingerprint density at radius 3 is 2.43 bits per heavy atom. The van der Waals surface area contributed by atoms with E-state index in [0.717, 1.165) is 0 Å². The van der Waals surface area contributed by atoms with Crippen molar-refractivity contribution in [2.24, 2.45) is 0 Å². The van der Waals surface area contributed by atoms with Crippen LogP contribution in [0.1, 0.15) is 29.8 Å². The lowest BCUT2D eigenvalue weighted by atomic mass is 10.1. The lowest BCUT2D eigenvalue weighted by Crippen LogP contribution is -2.30. The van der Waals surface area contributed by atoms with Gasteiger partial charge >= 0.3 is 0 Å². The molecule has 0 aliphatic carbocycles. The first-order valence-electron chi connectivity index (χ1n) is 8.32. The number of benzene rings is 2. The molecule has 0 saturated carbocycles. The molecule has 0 spiro atoms. The van der Waals surface area contributed by atoms with E-state index in [2.05, 4.69) is 10.0 Å². The van der Waals surface area contributed by atoms with Gasteiger partial charge in [-0.05, 0) is 45.0 Å². The Kier molecular flexibility index (Phi) is 6.37. The van der Waals surface area contributed by atoms with Crippen LogP contribution in [0.25, 0.3) is 0 Å². The van der Waals surface area contributed by atoms with Gasteiger partial charge in [0.15, 0.2) is 0 Å². The van der Waals surface area contributed by atoms with Crippen molar-refractivity contribution in [3.05, 3.63) is 57.6 Å². The Hall–Kier alpha value is -2.98. The van der Waals surface area contributed by atoms with Crippen LogP contribution in [-0.2, 0) is 10.0 Å². The molecule has 10 heteroatoms. The molecule has 28 heavy (non-hydrogen) atoms. The SMILES string of the molecule is COc1ccc(C(=O)Nc2ccc(C)c([N+](=O)[O-])c2)cc1S(=O)(=O)NC(C)C. The van der Waals surface area contributed by atoms with E-state index in [1.54, 1.807) is 20.8 Å². The molecule has 0 radical (unpaired) electrons. The molecule has 150 valence electrons. The van der Waals surface area contributed by atoms with Crippen LogP contribution in [0.3, 0.4) is 0 Å². The summed E-state index contributed by atoms with van der Waals surface area (Å²) in [6, 6.07) is 7.93. The minimum Gasteiger partial charge on any atom is -0.495 e. The van der Waals surface area contributed by atoms with Crippen molar-refractivity contribution in [2.45, 2.75) is 31.7 Å². The van der Waals surface area contributed by atoms with Crippen LogP contribution in [0, 0.1) is 17.0 Å². The summed E-state index contributed by atoms with van der Waals surface area (Å²) in [5.41, 5.74) is 0.619. The standard InChI is InChI=1S/C18H21N3O6S/c1-11(2)20-28(25,26)17-9-13(6-8-16(17)27-4)18(22)19-14-7-5-12(3)15(10-14)21(23)24/h5-11,20H,1-4H3,(H,19,22). The summed E-state index contributed by atoms with van der Waals surface area (Å²) in [6.45, 7) is 4.93. The third-order valence-electron chi connectivity index (χ3n) is 3.77. The van der Waals surface area contributed by atoms with Crippen molar-refractivity contribution in [3.8, 4) is 5.75 Å². The lowest BCUT2D eigenvalue weighted by molar-refractivity contribution is -0.385. The van der Waals surface area contributed by atoms with E-state index in [-0.39, 0.29) is 33.6 Å². The van der Waals surface area contributed by atoms with Gasteiger partial charge in [-0.25, -0.2) is 13.1 Å². The van der Waals surface area contributed by atoms with Crippen LogP contribution in [0.5, 0.6) is 5.75 Å². The van der Waals surface area contributed by atoms with Crippen molar-refractivity contribution in [2.75, 3.05) is 12.4 Å². The topological polar surface area (TPSA) is 128 Å². The largest absolute Gasteiger partial charge is 0.495 e. The molecule has 1 amide bonds. The number of hydrogen-bond acceptors (Lipinski definition) is 6. The van der Waals surface area contributed by atoms with Crippen molar-refractivity contribution < 1.29 is 22.9 Å². The maximum absolute atomic E-state index is 12.5. The summed E-state index contributed by atoms with van der Waals surface area (Å²) in [7, 11) is -2.57. The summed E-state index contributed by atoms with van der Waals surface area (Å²) >= 11 is 0. The van der Waals surface area contributed by atoms with Crippen LogP contribution in [-0.4, -0.2) is 32.4 Å². The number of nitrogens with one attached hydrogen (secondary N) is 2. The van der Waals surface area contributed by atoms with E-state index >= 15 is 0 Å². The molecule has 0 fully saturated rings. The molecule has 2 aromatic rings. The Morgan fingerprint density at radius 1 is 1.18 bits per heavy atom. The van der Waals surface area contributed by atoms with Gasteiger partial charge < -0.3 is 10.1 Å². The van der Waals surface area contributed by atoms with Crippen molar-refractivity contribution >= 4 is 27.3 Å². The third kappa shape index (κ3) is 4.84. The van der Waals surface area contributed by atoms with Crippen LogP contribution in [0.2, 0.25) is 0 Å². The molecular weight excluding hydrogens is 386 g/mol. The Morgan fingerprint density at radius 2 is 1.86 bits per heavy atom. The molecular formula is C18H21N3O6S. The molecule has 0 aliphatic heterocycles. The van der Waals surface area contributed by atoms with Crippen molar-refractivity contribution in [3.63, 3.8) is 0 Å². The second-order valence-corrected chi connectivity index (χ2v) is 8.04. The molecule has 0 atom stereocenters. The number of sulfonamides is 1. The molecule has 0 aromatic heterocycles. The van der Waals surface area contributed by atoms with Crippen LogP contribution >= 0.6 is 0 Å². The molecule has 0 heterocycles. The second-order valence-electron chi connectivity index (χ2n) is 6.35. The highest BCUT2D eigenvalue weighted by Gasteiger charge is 2.23. The number of anilines is 1. The highest BCUT2D eigenvalue weighted by molar-refractivity contribution is 7.89. The monoisotopic (exact) mass is 407 g/mol. The Bertz CT molecular complexity index is 1020. The number of nitro groups is 1. The number of ether oxygens (including phenoxy) is 1. The van der Waals surface area contributed by atoms with Gasteiger partial charge in [0.05, 0.1) is 12.0 Å². The smallest absolute Gasteiger partial charge is 0.274 e. The van der Waals surface area contributed by atoms with E-state index in [4.69, 9.17) is 4.74 Å². The van der Waals surface area contributed by atoms with Gasteiger partial charge in [0.25, 0.3) is 11.6 Å². The molecule has 0 aliphatic rings. The summed E-state index contributed by atoms with van der Waals surface area (Å²) in [5, 5.41) is 13.6.